The van der Waals surface area contributed by atoms with Gasteiger partial charge in [-0.05, 0) is 56.7 Å². The molecule has 2 fully saturated rings. The quantitative estimate of drug-likeness (QED) is 0.512. The second kappa shape index (κ2) is 9.80. The van der Waals surface area contributed by atoms with Gasteiger partial charge in [-0.1, -0.05) is 25.3 Å². The summed E-state index contributed by atoms with van der Waals surface area (Å²) in [5.74, 6) is 0.749. The van der Waals surface area contributed by atoms with Crippen molar-refractivity contribution in [3.05, 3.63) is 53.1 Å². The van der Waals surface area contributed by atoms with Gasteiger partial charge in [0.25, 0.3) is 0 Å². The van der Waals surface area contributed by atoms with Gasteiger partial charge in [0, 0.05) is 56.2 Å². The number of rotatable bonds is 7. The second-order valence-electron chi connectivity index (χ2n) is 9.53. The van der Waals surface area contributed by atoms with Crippen LogP contribution in [-0.2, 0) is 13.1 Å². The molecule has 0 unspecified atom stereocenters. The molecular weight excluding hydrogens is 402 g/mol. The molecular formula is C25H35N5S. The predicted octanol–water partition coefficient (Wildman–Crippen LogP) is 5.15. The van der Waals surface area contributed by atoms with E-state index in [-0.39, 0.29) is 0 Å². The Labute approximate surface area is 190 Å². The molecule has 0 bridgehead atoms. The minimum atomic E-state index is 0.749. The summed E-state index contributed by atoms with van der Waals surface area (Å²) in [6.07, 6.45) is 15.9. The largest absolute Gasteiger partial charge is 0.300 e. The number of aromatic nitrogens is 3. The summed E-state index contributed by atoms with van der Waals surface area (Å²) in [5.41, 5.74) is 3.79. The molecule has 6 heteroatoms. The molecule has 166 valence electrons. The molecule has 0 spiro atoms. The Balaban J connectivity index is 1.31. The molecule has 1 aliphatic heterocycles. The zero-order valence-electron chi connectivity index (χ0n) is 18.7. The molecule has 1 aliphatic carbocycles. The van der Waals surface area contributed by atoms with Crippen LogP contribution >= 0.6 is 11.3 Å². The van der Waals surface area contributed by atoms with Crippen molar-refractivity contribution < 1.29 is 0 Å². The molecule has 2 aliphatic rings. The molecule has 1 saturated heterocycles. The Morgan fingerprint density at radius 2 is 2.03 bits per heavy atom. The first-order valence-electron chi connectivity index (χ1n) is 12.0. The molecule has 0 aromatic carbocycles. The van der Waals surface area contributed by atoms with Crippen LogP contribution in [0.4, 0.5) is 0 Å². The number of thiazole rings is 1. The van der Waals surface area contributed by atoms with Crippen molar-refractivity contribution in [2.75, 3.05) is 19.6 Å². The van der Waals surface area contributed by atoms with Gasteiger partial charge in [0.1, 0.15) is 0 Å². The van der Waals surface area contributed by atoms with Crippen molar-refractivity contribution >= 4 is 16.3 Å². The van der Waals surface area contributed by atoms with Gasteiger partial charge in [-0.3, -0.25) is 14.3 Å². The highest BCUT2D eigenvalue weighted by atomic mass is 32.1. The number of hydrogen-bond acceptors (Lipinski definition) is 5. The van der Waals surface area contributed by atoms with Crippen LogP contribution in [0.15, 0.2) is 36.1 Å². The van der Waals surface area contributed by atoms with Crippen molar-refractivity contribution in [2.45, 2.75) is 71.0 Å². The van der Waals surface area contributed by atoms with Crippen molar-refractivity contribution in [2.24, 2.45) is 5.92 Å². The monoisotopic (exact) mass is 437 g/mol. The average Bonchev–Trinajstić information content (AvgIpc) is 3.37. The first-order chi connectivity index (χ1) is 15.3. The highest BCUT2D eigenvalue weighted by Gasteiger charge is 2.28. The van der Waals surface area contributed by atoms with Gasteiger partial charge in [0.05, 0.1) is 11.4 Å². The lowest BCUT2D eigenvalue weighted by Gasteiger charge is -2.41. The zero-order chi connectivity index (χ0) is 21.0. The Morgan fingerprint density at radius 1 is 1.13 bits per heavy atom. The fraction of sp³-hybridized carbons (Fsp3) is 0.600. The maximum Gasteiger partial charge on any atom is 0.194 e. The Morgan fingerprint density at radius 3 is 2.87 bits per heavy atom. The summed E-state index contributed by atoms with van der Waals surface area (Å²) in [7, 11) is 0. The molecule has 0 radical (unpaired) electrons. The summed E-state index contributed by atoms with van der Waals surface area (Å²) in [5, 5.41) is 2.14. The van der Waals surface area contributed by atoms with Crippen molar-refractivity contribution in [1.29, 1.82) is 0 Å². The standard InChI is InChI=1S/C25H35N5S/c1-20-24(30-13-14-31-25(30)27-20)19-28(16-21-7-5-11-26-15-21)17-22-8-6-12-29(18-22)23-9-3-2-4-10-23/h5,7,11,13-15,22-23H,2-4,6,8-10,12,16-19H2,1H3/t22-/m1/s1. The van der Waals surface area contributed by atoms with Crippen molar-refractivity contribution in [3.63, 3.8) is 0 Å². The Bertz CT molecular complexity index is 959. The summed E-state index contributed by atoms with van der Waals surface area (Å²) >= 11 is 1.72. The second-order valence-corrected chi connectivity index (χ2v) is 10.4. The summed E-state index contributed by atoms with van der Waals surface area (Å²) < 4.78 is 2.28. The van der Waals surface area contributed by atoms with Crippen LogP contribution in [0.5, 0.6) is 0 Å². The van der Waals surface area contributed by atoms with Gasteiger partial charge in [-0.15, -0.1) is 11.3 Å². The normalized spacial score (nSPS) is 21.3. The number of aryl methyl sites for hydroxylation is 1. The van der Waals surface area contributed by atoms with E-state index >= 15 is 0 Å². The van der Waals surface area contributed by atoms with Crippen molar-refractivity contribution in [3.8, 4) is 0 Å². The number of hydrogen-bond donors (Lipinski definition) is 0. The molecule has 0 N–H and O–H groups in total. The van der Waals surface area contributed by atoms with E-state index < -0.39 is 0 Å². The molecule has 5 rings (SSSR count). The van der Waals surface area contributed by atoms with E-state index in [0.717, 1.165) is 42.2 Å². The minimum absolute atomic E-state index is 0.749. The van der Waals surface area contributed by atoms with Crippen molar-refractivity contribution in [1.82, 2.24) is 24.2 Å². The van der Waals surface area contributed by atoms with Gasteiger partial charge in [-0.2, -0.15) is 0 Å². The van der Waals surface area contributed by atoms with Gasteiger partial charge >= 0.3 is 0 Å². The number of piperidine rings is 1. The van der Waals surface area contributed by atoms with E-state index in [1.54, 1.807) is 11.3 Å². The van der Waals surface area contributed by atoms with Crippen LogP contribution in [0.2, 0.25) is 0 Å². The van der Waals surface area contributed by atoms with Crippen LogP contribution in [0.1, 0.15) is 61.9 Å². The van der Waals surface area contributed by atoms with E-state index in [0.29, 0.717) is 0 Å². The molecule has 5 nitrogen and oxygen atoms in total. The number of pyridine rings is 1. The summed E-state index contributed by atoms with van der Waals surface area (Å²) in [6, 6.07) is 5.10. The molecule has 1 saturated carbocycles. The topological polar surface area (TPSA) is 36.7 Å². The smallest absolute Gasteiger partial charge is 0.194 e. The SMILES string of the molecule is Cc1nc2sccn2c1CN(Cc1cccnc1)C[C@H]1CCCN(C2CCCCC2)C1. The van der Waals surface area contributed by atoms with E-state index in [4.69, 9.17) is 4.98 Å². The Kier molecular flexibility index (Phi) is 6.67. The van der Waals surface area contributed by atoms with E-state index in [9.17, 15) is 0 Å². The molecule has 3 aromatic heterocycles. The highest BCUT2D eigenvalue weighted by Crippen LogP contribution is 2.28. The first-order valence-corrected chi connectivity index (χ1v) is 12.9. The Hall–Kier alpha value is -1.76. The predicted molar refractivity (Wildman–Crippen MR) is 127 cm³/mol. The highest BCUT2D eigenvalue weighted by molar-refractivity contribution is 7.15. The molecule has 0 amide bonds. The zero-order valence-corrected chi connectivity index (χ0v) is 19.6. The van der Waals surface area contributed by atoms with Crippen LogP contribution in [0.3, 0.4) is 0 Å². The lowest BCUT2D eigenvalue weighted by Crippen LogP contribution is -2.46. The third-order valence-corrected chi connectivity index (χ3v) is 7.98. The third-order valence-electron chi connectivity index (χ3n) is 7.22. The fourth-order valence-corrected chi connectivity index (χ4v) is 6.45. The van der Waals surface area contributed by atoms with Crippen LogP contribution in [0.25, 0.3) is 4.96 Å². The average molecular weight is 438 g/mol. The number of nitrogens with zero attached hydrogens (tertiary/aromatic N) is 5. The van der Waals surface area contributed by atoms with E-state index in [1.807, 2.05) is 12.4 Å². The molecule has 1 atom stereocenters. The maximum absolute atomic E-state index is 4.79. The lowest BCUT2D eigenvalue weighted by molar-refractivity contribution is 0.0767. The number of likely N-dealkylation sites (tertiary alicyclic amines) is 1. The maximum atomic E-state index is 4.79. The lowest BCUT2D eigenvalue weighted by atomic mass is 9.90. The van der Waals surface area contributed by atoms with Gasteiger partial charge in [0.2, 0.25) is 0 Å². The van der Waals surface area contributed by atoms with Crippen LogP contribution in [0, 0.1) is 12.8 Å². The number of fused-ring (bicyclic) bond motifs is 1. The molecule has 3 aromatic rings. The summed E-state index contributed by atoms with van der Waals surface area (Å²) in [4.78, 5) is 15.7. The van der Waals surface area contributed by atoms with Gasteiger partial charge < -0.3 is 4.90 Å². The van der Waals surface area contributed by atoms with Gasteiger partial charge in [0.15, 0.2) is 4.96 Å². The molecule has 4 heterocycles. The first kappa shape index (κ1) is 21.1. The molecule has 31 heavy (non-hydrogen) atoms. The van der Waals surface area contributed by atoms with Crippen LogP contribution in [-0.4, -0.2) is 49.8 Å². The number of imidazole rings is 1. The summed E-state index contributed by atoms with van der Waals surface area (Å²) in [6.45, 7) is 7.77. The minimum Gasteiger partial charge on any atom is -0.300 e. The third kappa shape index (κ3) is 5.02. The van der Waals surface area contributed by atoms with Gasteiger partial charge in [-0.25, -0.2) is 4.98 Å². The van der Waals surface area contributed by atoms with E-state index in [2.05, 4.69) is 49.8 Å². The van der Waals surface area contributed by atoms with E-state index in [1.165, 1.54) is 69.3 Å². The fourth-order valence-electron chi connectivity index (χ4n) is 5.67. The van der Waals surface area contributed by atoms with Crippen LogP contribution < -0.4 is 0 Å².